The summed E-state index contributed by atoms with van der Waals surface area (Å²) in [5, 5.41) is 33.4. The van der Waals surface area contributed by atoms with Crippen LogP contribution in [0.3, 0.4) is 0 Å². The number of aliphatic hydroxyl groups is 3. The highest BCUT2D eigenvalue weighted by atomic mass is 16.4. The molecule has 0 saturated heterocycles. The predicted molar refractivity (Wildman–Crippen MR) is 109 cm³/mol. The lowest BCUT2D eigenvalue weighted by molar-refractivity contribution is -0.204. The van der Waals surface area contributed by atoms with Crippen LogP contribution in [0.1, 0.15) is 69.8 Å². The molecule has 4 aliphatic carbocycles. The van der Waals surface area contributed by atoms with Gasteiger partial charge in [0.1, 0.15) is 6.29 Å². The van der Waals surface area contributed by atoms with Gasteiger partial charge in [0.25, 0.3) is 0 Å². The normalized spacial score (nSPS) is 50.3. The van der Waals surface area contributed by atoms with Crippen LogP contribution in [0, 0.1) is 28.6 Å². The summed E-state index contributed by atoms with van der Waals surface area (Å²) in [4.78, 5) is 23.9. The van der Waals surface area contributed by atoms with E-state index in [0.717, 1.165) is 31.1 Å². The van der Waals surface area contributed by atoms with Gasteiger partial charge in [0, 0.05) is 29.2 Å². The number of hydrogen-bond donors (Lipinski definition) is 3. The van der Waals surface area contributed by atoms with E-state index in [4.69, 9.17) is 4.42 Å². The van der Waals surface area contributed by atoms with Crippen LogP contribution in [0.15, 0.2) is 27.6 Å². The smallest absolute Gasteiger partial charge is 0.335 e. The molecule has 5 rings (SSSR count). The van der Waals surface area contributed by atoms with Gasteiger partial charge in [-0.05, 0) is 74.3 Å². The van der Waals surface area contributed by atoms with Crippen LogP contribution in [0.4, 0.5) is 0 Å². The number of carbonyl (C=O) groups excluding carboxylic acids is 1. The quantitative estimate of drug-likeness (QED) is 0.639. The van der Waals surface area contributed by atoms with E-state index in [1.54, 1.807) is 6.07 Å². The number of hydrogen-bond acceptors (Lipinski definition) is 6. The fourth-order valence-corrected chi connectivity index (χ4v) is 8.30. The van der Waals surface area contributed by atoms with Crippen molar-refractivity contribution in [3.8, 4) is 0 Å². The number of aliphatic hydroxyl groups excluding tert-OH is 2. The van der Waals surface area contributed by atoms with E-state index in [1.807, 2.05) is 0 Å². The van der Waals surface area contributed by atoms with E-state index in [9.17, 15) is 24.9 Å². The molecule has 1 aromatic rings. The molecule has 0 bridgehead atoms. The van der Waals surface area contributed by atoms with Crippen LogP contribution in [-0.4, -0.2) is 39.4 Å². The molecule has 4 fully saturated rings. The van der Waals surface area contributed by atoms with Crippen LogP contribution in [0.25, 0.3) is 0 Å². The molecule has 9 atom stereocenters. The molecule has 6 nitrogen and oxygen atoms in total. The molecule has 4 saturated carbocycles. The minimum atomic E-state index is -1.08. The fourth-order valence-electron chi connectivity index (χ4n) is 8.30. The lowest BCUT2D eigenvalue weighted by Gasteiger charge is -2.62. The Morgan fingerprint density at radius 1 is 1.10 bits per heavy atom. The van der Waals surface area contributed by atoms with E-state index in [0.29, 0.717) is 25.7 Å². The average molecular weight is 417 g/mol. The van der Waals surface area contributed by atoms with Crippen molar-refractivity contribution < 1.29 is 24.5 Å². The van der Waals surface area contributed by atoms with E-state index in [-0.39, 0.29) is 36.2 Å². The van der Waals surface area contributed by atoms with Gasteiger partial charge in [-0.2, -0.15) is 0 Å². The SMILES string of the molecule is C[C@]12CC[C@H]3[C@@H](CC[C@@H]4C[C@@H](O)CC[C@@]43C=O)[C@@]1(O)C[C@H](O)[C@@H]2c1ccc(=O)oc1. The minimum absolute atomic E-state index is 0.0525. The third-order valence-corrected chi connectivity index (χ3v) is 9.70. The first-order valence-corrected chi connectivity index (χ1v) is 11.4. The predicted octanol–water partition coefficient (Wildman–Crippen LogP) is 2.39. The Balaban J connectivity index is 1.54. The maximum absolute atomic E-state index is 12.5. The first-order chi connectivity index (χ1) is 14.2. The summed E-state index contributed by atoms with van der Waals surface area (Å²) in [6.45, 7) is 2.06. The summed E-state index contributed by atoms with van der Waals surface area (Å²) >= 11 is 0. The molecule has 1 heterocycles. The van der Waals surface area contributed by atoms with Gasteiger partial charge in [-0.25, -0.2) is 4.79 Å². The lowest BCUT2D eigenvalue weighted by Crippen LogP contribution is -2.63. The van der Waals surface area contributed by atoms with Crippen LogP contribution < -0.4 is 5.63 Å². The van der Waals surface area contributed by atoms with Gasteiger partial charge in [0.05, 0.1) is 24.1 Å². The van der Waals surface area contributed by atoms with Crippen molar-refractivity contribution in [1.82, 2.24) is 0 Å². The molecule has 0 aliphatic heterocycles. The first kappa shape index (κ1) is 20.4. The van der Waals surface area contributed by atoms with Crippen LogP contribution in [-0.2, 0) is 4.79 Å². The van der Waals surface area contributed by atoms with Crippen LogP contribution >= 0.6 is 0 Å². The highest BCUT2D eigenvalue weighted by molar-refractivity contribution is 5.62. The van der Waals surface area contributed by atoms with E-state index >= 15 is 0 Å². The highest BCUT2D eigenvalue weighted by Crippen LogP contribution is 2.70. The molecule has 0 spiro atoms. The molecule has 3 N–H and O–H groups in total. The molecule has 4 aliphatic rings. The van der Waals surface area contributed by atoms with Crippen molar-refractivity contribution in [3.63, 3.8) is 0 Å². The molecular weight excluding hydrogens is 384 g/mol. The standard InChI is InChI=1S/C24H32O6/c1-22-8-7-17-18(4-3-15-10-16(26)6-9-23(15,17)13-25)24(22,29)11-19(27)21(22)14-2-5-20(28)30-12-14/h2,5,12-13,15-19,21,26-27,29H,3-4,6-11H2,1H3/t15-,16+,17+,18-,19+,21+,22-,23-,24+/m1/s1. The number of fused-ring (bicyclic) bond motifs is 5. The van der Waals surface area contributed by atoms with Crippen molar-refractivity contribution in [2.45, 2.75) is 82.0 Å². The summed E-state index contributed by atoms with van der Waals surface area (Å²) in [6.07, 6.45) is 6.95. The van der Waals surface area contributed by atoms with Gasteiger partial charge in [-0.3, -0.25) is 0 Å². The molecule has 0 unspecified atom stereocenters. The maximum Gasteiger partial charge on any atom is 0.335 e. The topological polar surface area (TPSA) is 108 Å². The number of carbonyl (C=O) groups is 1. The van der Waals surface area contributed by atoms with Gasteiger partial charge in [0.2, 0.25) is 0 Å². The van der Waals surface area contributed by atoms with Crippen LogP contribution in [0.2, 0.25) is 0 Å². The molecule has 1 aromatic heterocycles. The zero-order valence-electron chi connectivity index (χ0n) is 17.5. The van der Waals surface area contributed by atoms with Crippen molar-refractivity contribution in [3.05, 3.63) is 34.4 Å². The Morgan fingerprint density at radius 2 is 1.90 bits per heavy atom. The summed E-state index contributed by atoms with van der Waals surface area (Å²) in [5.41, 5.74) is -1.78. The number of aldehydes is 1. The second-order valence-electron chi connectivity index (χ2n) is 10.7. The van der Waals surface area contributed by atoms with E-state index in [1.165, 1.54) is 12.3 Å². The van der Waals surface area contributed by atoms with Gasteiger partial charge in [-0.15, -0.1) is 0 Å². The molecule has 164 valence electrons. The van der Waals surface area contributed by atoms with Gasteiger partial charge in [0.15, 0.2) is 0 Å². The minimum Gasteiger partial charge on any atom is -0.431 e. The Morgan fingerprint density at radius 3 is 2.60 bits per heavy atom. The fraction of sp³-hybridized carbons (Fsp3) is 0.750. The summed E-state index contributed by atoms with van der Waals surface area (Å²) in [5.74, 6) is -0.105. The Labute approximate surface area is 176 Å². The van der Waals surface area contributed by atoms with E-state index < -0.39 is 28.2 Å². The highest BCUT2D eigenvalue weighted by Gasteiger charge is 2.70. The Hall–Kier alpha value is -1.50. The number of rotatable bonds is 2. The van der Waals surface area contributed by atoms with Gasteiger partial charge in [-0.1, -0.05) is 6.92 Å². The zero-order chi connectivity index (χ0) is 21.3. The van der Waals surface area contributed by atoms with Gasteiger partial charge < -0.3 is 24.5 Å². The van der Waals surface area contributed by atoms with Gasteiger partial charge >= 0.3 is 5.63 Å². The molecule has 0 amide bonds. The van der Waals surface area contributed by atoms with Crippen molar-refractivity contribution in [2.24, 2.45) is 28.6 Å². The van der Waals surface area contributed by atoms with Crippen molar-refractivity contribution in [1.29, 1.82) is 0 Å². The van der Waals surface area contributed by atoms with Crippen molar-refractivity contribution in [2.75, 3.05) is 0 Å². The Bertz CT molecular complexity index is 875. The molecular formula is C24H32O6. The summed E-state index contributed by atoms with van der Waals surface area (Å²) in [7, 11) is 0. The second-order valence-corrected chi connectivity index (χ2v) is 10.7. The summed E-state index contributed by atoms with van der Waals surface area (Å²) < 4.78 is 5.08. The summed E-state index contributed by atoms with van der Waals surface area (Å²) in [6, 6.07) is 3.07. The maximum atomic E-state index is 12.5. The van der Waals surface area contributed by atoms with Crippen LogP contribution in [0.5, 0.6) is 0 Å². The molecule has 6 heteroatoms. The largest absolute Gasteiger partial charge is 0.431 e. The molecule has 0 aromatic carbocycles. The van der Waals surface area contributed by atoms with Crippen molar-refractivity contribution >= 4 is 6.29 Å². The average Bonchev–Trinajstić information content (AvgIpc) is 2.93. The first-order valence-electron chi connectivity index (χ1n) is 11.4. The van der Waals surface area contributed by atoms with E-state index in [2.05, 4.69) is 6.92 Å². The lowest BCUT2D eigenvalue weighted by atomic mass is 9.43. The Kier molecular flexibility index (Phi) is 4.59. The third kappa shape index (κ3) is 2.53. The second kappa shape index (κ2) is 6.75. The monoisotopic (exact) mass is 416 g/mol. The third-order valence-electron chi connectivity index (χ3n) is 9.70. The zero-order valence-corrected chi connectivity index (χ0v) is 17.5. The molecule has 0 radical (unpaired) electrons. The molecule has 30 heavy (non-hydrogen) atoms.